The number of carbonyl (C=O) groups excluding carboxylic acids is 1. The monoisotopic (exact) mass is 393 g/mol. The van der Waals surface area contributed by atoms with Crippen LogP contribution in [0.25, 0.3) is 11.0 Å². The van der Waals surface area contributed by atoms with Crippen LogP contribution in [0.4, 0.5) is 10.5 Å². The molecule has 1 saturated heterocycles. The van der Waals surface area contributed by atoms with Crippen molar-refractivity contribution in [3.05, 3.63) is 70.3 Å². The van der Waals surface area contributed by atoms with E-state index in [-0.39, 0.29) is 12.1 Å². The van der Waals surface area contributed by atoms with E-state index in [0.717, 1.165) is 36.0 Å². The fraction of sp³-hybridized carbons (Fsp3) is 0.318. The Kier molecular flexibility index (Phi) is 5.57. The number of rotatable bonds is 5. The maximum Gasteiger partial charge on any atom is 0.336 e. The van der Waals surface area contributed by atoms with Gasteiger partial charge in [0.15, 0.2) is 0 Å². The number of nitrogens with zero attached hydrogens (tertiary/aromatic N) is 2. The van der Waals surface area contributed by atoms with Crippen molar-refractivity contribution in [2.45, 2.75) is 32.4 Å². The minimum absolute atomic E-state index is 0.0415. The third-order valence-corrected chi connectivity index (χ3v) is 5.06. The van der Waals surface area contributed by atoms with Crippen molar-refractivity contribution in [1.82, 2.24) is 9.88 Å². The van der Waals surface area contributed by atoms with Gasteiger partial charge in [0.25, 0.3) is 0 Å². The number of fused-ring (bicyclic) bond motifs is 1. The van der Waals surface area contributed by atoms with Gasteiger partial charge >= 0.3 is 11.7 Å². The highest BCUT2D eigenvalue weighted by Crippen LogP contribution is 2.22. The Labute approximate surface area is 168 Å². The first-order chi connectivity index (χ1) is 14.1. The van der Waals surface area contributed by atoms with Crippen LogP contribution < -0.4 is 10.9 Å². The lowest BCUT2D eigenvalue weighted by molar-refractivity contribution is 0.0819. The Morgan fingerprint density at radius 3 is 2.83 bits per heavy atom. The second-order valence-corrected chi connectivity index (χ2v) is 7.26. The lowest BCUT2D eigenvalue weighted by Gasteiger charge is -2.26. The van der Waals surface area contributed by atoms with Gasteiger partial charge in [0.1, 0.15) is 5.58 Å². The van der Waals surface area contributed by atoms with Crippen LogP contribution in [0, 0.1) is 6.92 Å². The summed E-state index contributed by atoms with van der Waals surface area (Å²) in [4.78, 5) is 30.5. The van der Waals surface area contributed by atoms with Gasteiger partial charge in [-0.2, -0.15) is 0 Å². The second kappa shape index (κ2) is 8.45. The van der Waals surface area contributed by atoms with Crippen LogP contribution in [0.1, 0.15) is 24.0 Å². The molecule has 3 aromatic rings. The summed E-state index contributed by atoms with van der Waals surface area (Å²) < 4.78 is 11.0. The van der Waals surface area contributed by atoms with E-state index in [9.17, 15) is 9.59 Å². The molecule has 7 heteroatoms. The molecule has 2 amide bonds. The molecule has 0 spiro atoms. The summed E-state index contributed by atoms with van der Waals surface area (Å²) in [6, 6.07) is 10.3. The summed E-state index contributed by atoms with van der Waals surface area (Å²) in [7, 11) is 0. The molecule has 2 aromatic heterocycles. The highest BCUT2D eigenvalue weighted by Gasteiger charge is 2.23. The third-order valence-electron chi connectivity index (χ3n) is 5.06. The van der Waals surface area contributed by atoms with Crippen molar-refractivity contribution in [3.8, 4) is 0 Å². The van der Waals surface area contributed by atoms with Crippen molar-refractivity contribution in [2.75, 3.05) is 18.5 Å². The molecule has 1 aliphatic rings. The number of urea groups is 1. The zero-order valence-corrected chi connectivity index (χ0v) is 16.3. The lowest BCUT2D eigenvalue weighted by Crippen LogP contribution is -2.39. The van der Waals surface area contributed by atoms with Crippen molar-refractivity contribution < 1.29 is 13.9 Å². The van der Waals surface area contributed by atoms with Gasteiger partial charge in [-0.25, -0.2) is 9.59 Å². The number of benzene rings is 1. The van der Waals surface area contributed by atoms with Crippen LogP contribution in [0.15, 0.2) is 58.0 Å². The molecule has 4 rings (SSSR count). The number of hydrogen-bond acceptors (Lipinski definition) is 5. The van der Waals surface area contributed by atoms with Gasteiger partial charge in [-0.1, -0.05) is 0 Å². The highest BCUT2D eigenvalue weighted by molar-refractivity contribution is 5.92. The number of aromatic nitrogens is 1. The predicted molar refractivity (Wildman–Crippen MR) is 110 cm³/mol. The fourth-order valence-corrected chi connectivity index (χ4v) is 3.57. The van der Waals surface area contributed by atoms with Crippen molar-refractivity contribution in [3.63, 3.8) is 0 Å². The Morgan fingerprint density at radius 2 is 2.07 bits per heavy atom. The lowest BCUT2D eigenvalue weighted by atomic mass is 10.1. The Morgan fingerprint density at radius 1 is 1.24 bits per heavy atom. The number of pyridine rings is 1. The standard InChI is InChI=1S/C22H23N3O4/c1-15-11-21(26)29-20-12-17(4-5-19(15)20)24-22(27)25(14-18-3-2-10-28-18)13-16-6-8-23-9-7-16/h4-9,11-12,18H,2-3,10,13-14H2,1H3,(H,24,27)/t18-/m0/s1. The van der Waals surface area contributed by atoms with E-state index >= 15 is 0 Å². The largest absolute Gasteiger partial charge is 0.423 e. The van der Waals surface area contributed by atoms with Gasteiger partial charge in [-0.3, -0.25) is 4.98 Å². The Bertz CT molecular complexity index is 1060. The molecule has 0 saturated carbocycles. The molecule has 7 nitrogen and oxygen atoms in total. The van der Waals surface area contributed by atoms with E-state index in [1.807, 2.05) is 31.2 Å². The van der Waals surface area contributed by atoms with E-state index in [0.29, 0.717) is 24.4 Å². The second-order valence-electron chi connectivity index (χ2n) is 7.26. The summed E-state index contributed by atoms with van der Waals surface area (Å²) in [5.74, 6) is 0. The normalized spacial score (nSPS) is 16.1. The first-order valence-corrected chi connectivity index (χ1v) is 9.69. The van der Waals surface area contributed by atoms with Crippen LogP contribution in [0.3, 0.4) is 0 Å². The van der Waals surface area contributed by atoms with E-state index in [4.69, 9.17) is 9.15 Å². The van der Waals surface area contributed by atoms with Crippen molar-refractivity contribution in [1.29, 1.82) is 0 Å². The predicted octanol–water partition coefficient (Wildman–Crippen LogP) is 3.71. The molecule has 0 aliphatic carbocycles. The molecule has 29 heavy (non-hydrogen) atoms. The molecule has 3 heterocycles. The van der Waals surface area contributed by atoms with E-state index < -0.39 is 5.63 Å². The molecule has 1 fully saturated rings. The summed E-state index contributed by atoms with van der Waals surface area (Å²) in [5, 5.41) is 3.76. The van der Waals surface area contributed by atoms with E-state index in [1.165, 1.54) is 6.07 Å². The summed E-state index contributed by atoms with van der Waals surface area (Å²) >= 11 is 0. The quantitative estimate of drug-likeness (QED) is 0.668. The van der Waals surface area contributed by atoms with Gasteiger partial charge in [0, 0.05) is 55.3 Å². The Balaban J connectivity index is 1.54. The smallest absolute Gasteiger partial charge is 0.336 e. The molecule has 1 aromatic carbocycles. The number of amides is 2. The van der Waals surface area contributed by atoms with Crippen LogP contribution >= 0.6 is 0 Å². The molecule has 150 valence electrons. The van der Waals surface area contributed by atoms with Gasteiger partial charge in [0.05, 0.1) is 6.10 Å². The fourth-order valence-electron chi connectivity index (χ4n) is 3.57. The molecular formula is C22H23N3O4. The molecule has 1 atom stereocenters. The summed E-state index contributed by atoms with van der Waals surface area (Å²) in [6.45, 7) is 3.56. The van der Waals surface area contributed by atoms with Crippen LogP contribution in [-0.4, -0.2) is 35.2 Å². The van der Waals surface area contributed by atoms with Gasteiger partial charge in [-0.15, -0.1) is 0 Å². The van der Waals surface area contributed by atoms with Gasteiger partial charge in [0.2, 0.25) is 0 Å². The van der Waals surface area contributed by atoms with E-state index in [1.54, 1.807) is 23.4 Å². The molecule has 1 aliphatic heterocycles. The maximum absolute atomic E-state index is 13.0. The molecular weight excluding hydrogens is 370 g/mol. The van der Waals surface area contributed by atoms with E-state index in [2.05, 4.69) is 10.3 Å². The number of aryl methyl sites for hydroxylation is 1. The summed E-state index contributed by atoms with van der Waals surface area (Å²) in [5.41, 5.74) is 2.45. The first-order valence-electron chi connectivity index (χ1n) is 9.69. The Hall–Kier alpha value is -3.19. The summed E-state index contributed by atoms with van der Waals surface area (Å²) in [6.07, 6.45) is 5.43. The molecule has 0 unspecified atom stereocenters. The zero-order chi connectivity index (χ0) is 20.2. The van der Waals surface area contributed by atoms with Crippen LogP contribution in [-0.2, 0) is 11.3 Å². The van der Waals surface area contributed by atoms with Crippen molar-refractivity contribution >= 4 is 22.7 Å². The van der Waals surface area contributed by atoms with Crippen LogP contribution in [0.5, 0.6) is 0 Å². The topological polar surface area (TPSA) is 84.7 Å². The van der Waals surface area contributed by atoms with Crippen molar-refractivity contribution in [2.24, 2.45) is 0 Å². The van der Waals surface area contributed by atoms with Crippen LogP contribution in [0.2, 0.25) is 0 Å². The van der Waals surface area contributed by atoms with Gasteiger partial charge < -0.3 is 19.4 Å². The SMILES string of the molecule is Cc1cc(=O)oc2cc(NC(=O)N(Cc3ccncc3)C[C@@H]3CCCO3)ccc12. The molecule has 0 bridgehead atoms. The maximum atomic E-state index is 13.0. The first kappa shape index (κ1) is 19.1. The minimum Gasteiger partial charge on any atom is -0.423 e. The number of hydrogen-bond donors (Lipinski definition) is 1. The number of nitrogens with one attached hydrogen (secondary N) is 1. The number of ether oxygens (including phenoxy) is 1. The molecule has 1 N–H and O–H groups in total. The zero-order valence-electron chi connectivity index (χ0n) is 16.3. The number of carbonyl (C=O) groups is 1. The highest BCUT2D eigenvalue weighted by atomic mass is 16.5. The van der Waals surface area contributed by atoms with Gasteiger partial charge in [-0.05, 0) is 55.2 Å². The average Bonchev–Trinajstić information content (AvgIpc) is 3.21. The average molecular weight is 393 g/mol. The third kappa shape index (κ3) is 4.63. The minimum atomic E-state index is -0.406. The molecule has 0 radical (unpaired) electrons. The number of anilines is 1.